The molecule has 0 saturated heterocycles. The number of carboxylic acid groups (broad SMARTS) is 1. The molecule has 0 aliphatic carbocycles. The number of hydrogen-bond acceptors (Lipinski definition) is 8. The quantitative estimate of drug-likeness (QED) is 0.304. The van der Waals surface area contributed by atoms with Crippen LogP contribution < -0.4 is 20.2 Å². The fourth-order valence-electron chi connectivity index (χ4n) is 3.00. The summed E-state index contributed by atoms with van der Waals surface area (Å²) in [6.45, 7) is 2.18. The molecule has 4 aromatic rings. The lowest BCUT2D eigenvalue weighted by molar-refractivity contribution is -0.192. The van der Waals surface area contributed by atoms with Gasteiger partial charge in [0, 0.05) is 16.6 Å². The number of H-pyrrole nitrogens is 2. The molecule has 0 aliphatic heterocycles. The van der Waals surface area contributed by atoms with Crippen LogP contribution in [-0.2, 0) is 21.5 Å². The van der Waals surface area contributed by atoms with Crippen molar-refractivity contribution < 1.29 is 40.4 Å². The van der Waals surface area contributed by atoms with E-state index in [1.54, 1.807) is 0 Å². The predicted octanol–water partition coefficient (Wildman–Crippen LogP) is 2.90. The van der Waals surface area contributed by atoms with Gasteiger partial charge in [-0.3, -0.25) is 14.8 Å². The van der Waals surface area contributed by atoms with Gasteiger partial charge in [-0.15, -0.1) is 0 Å². The molecule has 0 unspecified atom stereocenters. The van der Waals surface area contributed by atoms with Gasteiger partial charge in [0.2, 0.25) is 5.75 Å². The minimum atomic E-state index is -5.08. The number of halogens is 3. The van der Waals surface area contributed by atoms with Gasteiger partial charge in [-0.05, 0) is 43.3 Å². The minimum Gasteiger partial charge on any atom is -0.489 e. The molecule has 38 heavy (non-hydrogen) atoms. The Hall–Kier alpha value is -4.66. The van der Waals surface area contributed by atoms with Crippen LogP contribution in [0, 0.1) is 6.92 Å². The van der Waals surface area contributed by atoms with Gasteiger partial charge in [-0.25, -0.2) is 9.59 Å². The lowest BCUT2D eigenvalue weighted by atomic mass is 10.1. The van der Waals surface area contributed by atoms with Gasteiger partial charge < -0.3 is 19.0 Å². The summed E-state index contributed by atoms with van der Waals surface area (Å²) in [7, 11) is -4.27. The van der Waals surface area contributed by atoms with Crippen LogP contribution >= 0.6 is 0 Å². The number of aromatic nitrogens is 3. The number of carboxylic acids is 1. The van der Waals surface area contributed by atoms with Crippen molar-refractivity contribution in [3.8, 4) is 11.5 Å². The largest absolute Gasteiger partial charge is 0.490 e. The number of pyridine rings is 1. The number of nitrogens with zero attached hydrogens (tertiary/aromatic N) is 1. The molecule has 4 rings (SSSR count). The first-order valence-electron chi connectivity index (χ1n) is 10.4. The summed E-state index contributed by atoms with van der Waals surface area (Å²) in [6.07, 6.45) is -4.20. The Kier molecular flexibility index (Phi) is 8.20. The first kappa shape index (κ1) is 27.9. The van der Waals surface area contributed by atoms with Crippen LogP contribution in [0.3, 0.4) is 0 Å². The van der Waals surface area contributed by atoms with Crippen molar-refractivity contribution in [2.75, 3.05) is 0 Å². The van der Waals surface area contributed by atoms with Crippen molar-refractivity contribution in [2.24, 2.45) is 0 Å². The third-order valence-corrected chi connectivity index (χ3v) is 5.91. The molecule has 0 amide bonds. The maximum Gasteiger partial charge on any atom is 0.490 e. The van der Waals surface area contributed by atoms with Crippen LogP contribution in [-0.4, -0.2) is 40.6 Å². The van der Waals surface area contributed by atoms with E-state index >= 15 is 0 Å². The maximum atomic E-state index is 12.4. The molecule has 0 saturated carbocycles. The molecule has 0 fully saturated rings. The van der Waals surface area contributed by atoms with E-state index in [0.29, 0.717) is 5.75 Å². The third-order valence-electron chi connectivity index (χ3n) is 4.66. The number of ether oxygens (including phenoxy) is 1. The smallest absolute Gasteiger partial charge is 0.489 e. The molecule has 2 heterocycles. The van der Waals surface area contributed by atoms with E-state index in [2.05, 4.69) is 9.97 Å². The molecule has 200 valence electrons. The minimum absolute atomic E-state index is 0.171. The zero-order valence-electron chi connectivity index (χ0n) is 19.3. The summed E-state index contributed by atoms with van der Waals surface area (Å²) >= 11 is 0. The number of aromatic amines is 2. The van der Waals surface area contributed by atoms with E-state index in [9.17, 15) is 31.2 Å². The number of hydrogen-bond donors (Lipinski definition) is 3. The molecule has 0 spiro atoms. The summed E-state index contributed by atoms with van der Waals surface area (Å²) in [5.41, 5.74) is 0.978. The van der Waals surface area contributed by atoms with Gasteiger partial charge in [0.05, 0.1) is 11.7 Å². The van der Waals surface area contributed by atoms with E-state index in [-0.39, 0.29) is 11.5 Å². The molecular weight excluding hydrogens is 535 g/mol. The highest BCUT2D eigenvalue weighted by atomic mass is 32.2. The fourth-order valence-corrected chi connectivity index (χ4v) is 3.93. The zero-order chi connectivity index (χ0) is 28.1. The summed E-state index contributed by atoms with van der Waals surface area (Å²) in [6, 6.07) is 15.3. The van der Waals surface area contributed by atoms with E-state index in [0.717, 1.165) is 28.4 Å². The number of fused-ring (bicyclic) bond motifs is 1. The molecule has 3 N–H and O–H groups in total. The van der Waals surface area contributed by atoms with Gasteiger partial charge >= 0.3 is 28.0 Å². The Morgan fingerprint density at radius 2 is 1.71 bits per heavy atom. The first-order valence-corrected chi connectivity index (χ1v) is 11.8. The Morgan fingerprint density at radius 3 is 2.32 bits per heavy atom. The van der Waals surface area contributed by atoms with Crippen LogP contribution in [0.25, 0.3) is 10.9 Å². The lowest BCUT2D eigenvalue weighted by Gasteiger charge is -2.11. The highest BCUT2D eigenvalue weighted by Crippen LogP contribution is 2.22. The monoisotopic (exact) mass is 553 g/mol. The van der Waals surface area contributed by atoms with Crippen molar-refractivity contribution in [2.45, 2.75) is 24.6 Å². The second-order valence-electron chi connectivity index (χ2n) is 7.48. The van der Waals surface area contributed by atoms with E-state index in [1.807, 2.05) is 42.2 Å². The summed E-state index contributed by atoms with van der Waals surface area (Å²) in [5, 5.41) is 8.10. The molecule has 2 aromatic carbocycles. The SMILES string of the molecule is Cc1cc(COc2ccc(S(=O)(=O)Oc3c[nH]c(=O)[nH]c3=O)cc2)c2ccccc2n1.O=C(O)C(F)(F)F. The van der Waals surface area contributed by atoms with E-state index in [4.69, 9.17) is 18.8 Å². The Morgan fingerprint density at radius 1 is 1.08 bits per heavy atom. The van der Waals surface area contributed by atoms with Crippen molar-refractivity contribution in [1.29, 1.82) is 0 Å². The summed E-state index contributed by atoms with van der Waals surface area (Å²) in [4.78, 5) is 39.9. The highest BCUT2D eigenvalue weighted by molar-refractivity contribution is 7.87. The van der Waals surface area contributed by atoms with Gasteiger partial charge in [0.25, 0.3) is 5.56 Å². The van der Waals surface area contributed by atoms with Crippen molar-refractivity contribution in [3.05, 3.63) is 92.9 Å². The topological polar surface area (TPSA) is 169 Å². The van der Waals surface area contributed by atoms with Crippen LogP contribution in [0.2, 0.25) is 0 Å². The molecular formula is C23H18F3N3O8S. The van der Waals surface area contributed by atoms with Crippen molar-refractivity contribution >= 4 is 27.0 Å². The Balaban J connectivity index is 0.000000505. The van der Waals surface area contributed by atoms with Crippen LogP contribution in [0.15, 0.2) is 75.3 Å². The molecule has 2 aromatic heterocycles. The van der Waals surface area contributed by atoms with Gasteiger partial charge in [-0.2, -0.15) is 21.6 Å². The number of rotatable bonds is 6. The van der Waals surface area contributed by atoms with Crippen molar-refractivity contribution in [3.63, 3.8) is 0 Å². The number of aryl methyl sites for hydroxylation is 1. The number of benzene rings is 2. The standard InChI is InChI=1S/C21H17N3O6S.C2HF3O2/c1-13-10-14(17-4-2-3-5-18(17)23-13)12-29-15-6-8-16(9-7-15)31(27,28)30-19-11-22-21(26)24-20(19)25;3-2(4,5)1(6)7/h2-11H,12H2,1H3,(H2,22,24,25,26);(H,6,7). The molecule has 0 aliphatic rings. The first-order chi connectivity index (χ1) is 17.8. The third kappa shape index (κ3) is 7.19. The summed E-state index contributed by atoms with van der Waals surface area (Å²) in [5.74, 6) is -2.84. The van der Waals surface area contributed by atoms with Crippen molar-refractivity contribution in [1.82, 2.24) is 15.0 Å². The Labute approximate surface area is 211 Å². The zero-order valence-corrected chi connectivity index (χ0v) is 20.1. The van der Waals surface area contributed by atoms with Crippen LogP contribution in [0.5, 0.6) is 11.5 Å². The number of aliphatic carboxylic acids is 1. The predicted molar refractivity (Wildman–Crippen MR) is 126 cm³/mol. The van der Waals surface area contributed by atoms with Crippen LogP contribution in [0.1, 0.15) is 11.3 Å². The van der Waals surface area contributed by atoms with E-state index in [1.165, 1.54) is 24.3 Å². The molecule has 0 bridgehead atoms. The van der Waals surface area contributed by atoms with Gasteiger partial charge in [-0.1, -0.05) is 18.2 Å². The summed E-state index contributed by atoms with van der Waals surface area (Å²) < 4.78 is 67.2. The molecule has 15 heteroatoms. The number of alkyl halides is 3. The van der Waals surface area contributed by atoms with Crippen LogP contribution in [0.4, 0.5) is 13.2 Å². The average molecular weight is 553 g/mol. The average Bonchev–Trinajstić information content (AvgIpc) is 2.84. The molecule has 0 radical (unpaired) electrons. The van der Waals surface area contributed by atoms with Gasteiger partial charge in [0.1, 0.15) is 17.3 Å². The number of carbonyl (C=O) groups is 1. The fraction of sp³-hybridized carbons (Fsp3) is 0.130. The lowest BCUT2D eigenvalue weighted by Crippen LogP contribution is -2.24. The Bertz CT molecular complexity index is 1680. The molecule has 0 atom stereocenters. The highest BCUT2D eigenvalue weighted by Gasteiger charge is 2.38. The maximum absolute atomic E-state index is 12.4. The normalized spacial score (nSPS) is 11.4. The van der Waals surface area contributed by atoms with E-state index < -0.39 is 39.3 Å². The second-order valence-corrected chi connectivity index (χ2v) is 9.02. The second kappa shape index (κ2) is 11.2. The molecule has 11 nitrogen and oxygen atoms in total. The van der Waals surface area contributed by atoms with Gasteiger partial charge in [0.15, 0.2) is 0 Å². The number of nitrogens with one attached hydrogen (secondary N) is 2. The number of para-hydroxylation sites is 1.